The van der Waals surface area contributed by atoms with Gasteiger partial charge in [-0.3, -0.25) is 4.90 Å². The molecule has 2 atom stereocenters. The fourth-order valence-corrected chi connectivity index (χ4v) is 3.83. The SMILES string of the molecule is CN(Cc1c(F)cccc1Cl)C1CCCCC1Br. The first-order valence-corrected chi connectivity index (χ1v) is 7.66. The predicted octanol–water partition coefficient (Wildman–Crippen LogP) is 4.62. The summed E-state index contributed by atoms with van der Waals surface area (Å²) in [7, 11) is 2.05. The Morgan fingerprint density at radius 3 is 2.78 bits per heavy atom. The van der Waals surface area contributed by atoms with Gasteiger partial charge < -0.3 is 0 Å². The van der Waals surface area contributed by atoms with Crippen molar-refractivity contribution in [1.82, 2.24) is 4.90 Å². The monoisotopic (exact) mass is 333 g/mol. The van der Waals surface area contributed by atoms with E-state index in [0.717, 1.165) is 0 Å². The van der Waals surface area contributed by atoms with E-state index in [1.54, 1.807) is 12.1 Å². The van der Waals surface area contributed by atoms with Crippen molar-refractivity contribution in [1.29, 1.82) is 0 Å². The van der Waals surface area contributed by atoms with Gasteiger partial charge in [0.1, 0.15) is 5.82 Å². The molecule has 1 saturated carbocycles. The molecule has 1 aliphatic rings. The van der Waals surface area contributed by atoms with Crippen molar-refractivity contribution in [3.63, 3.8) is 0 Å². The molecule has 18 heavy (non-hydrogen) atoms. The third-order valence-corrected chi connectivity index (χ3v) is 5.10. The smallest absolute Gasteiger partial charge is 0.129 e. The third-order valence-electron chi connectivity index (χ3n) is 3.68. The topological polar surface area (TPSA) is 3.24 Å². The minimum absolute atomic E-state index is 0.212. The Bertz CT molecular complexity index is 393. The van der Waals surface area contributed by atoms with Gasteiger partial charge in [0.2, 0.25) is 0 Å². The summed E-state index contributed by atoms with van der Waals surface area (Å²) in [5.41, 5.74) is 0.604. The van der Waals surface area contributed by atoms with Crippen LogP contribution in [0.3, 0.4) is 0 Å². The van der Waals surface area contributed by atoms with Gasteiger partial charge >= 0.3 is 0 Å². The van der Waals surface area contributed by atoms with Crippen molar-refractivity contribution in [2.24, 2.45) is 0 Å². The lowest BCUT2D eigenvalue weighted by atomic mass is 9.94. The lowest BCUT2D eigenvalue weighted by molar-refractivity contribution is 0.191. The second kappa shape index (κ2) is 6.36. The summed E-state index contributed by atoms with van der Waals surface area (Å²) in [5.74, 6) is -0.212. The Morgan fingerprint density at radius 2 is 2.11 bits per heavy atom. The van der Waals surface area contributed by atoms with E-state index < -0.39 is 0 Å². The molecule has 0 bridgehead atoms. The average molecular weight is 335 g/mol. The highest BCUT2D eigenvalue weighted by molar-refractivity contribution is 9.09. The van der Waals surface area contributed by atoms with Crippen LogP contribution in [0.15, 0.2) is 18.2 Å². The molecule has 0 heterocycles. The van der Waals surface area contributed by atoms with Gasteiger partial charge in [-0.1, -0.05) is 46.4 Å². The maximum absolute atomic E-state index is 13.8. The van der Waals surface area contributed by atoms with Gasteiger partial charge in [0.05, 0.1) is 0 Å². The minimum Gasteiger partial charge on any atom is -0.298 e. The van der Waals surface area contributed by atoms with E-state index in [4.69, 9.17) is 11.6 Å². The van der Waals surface area contributed by atoms with Gasteiger partial charge in [-0.25, -0.2) is 4.39 Å². The van der Waals surface area contributed by atoms with Crippen molar-refractivity contribution in [2.45, 2.75) is 43.1 Å². The van der Waals surface area contributed by atoms with Gasteiger partial charge in [-0.15, -0.1) is 0 Å². The molecule has 0 spiro atoms. The van der Waals surface area contributed by atoms with Crippen molar-refractivity contribution in [3.05, 3.63) is 34.6 Å². The third kappa shape index (κ3) is 3.25. The average Bonchev–Trinajstić information content (AvgIpc) is 2.34. The molecule has 1 aromatic carbocycles. The number of hydrogen-bond donors (Lipinski definition) is 0. The number of benzene rings is 1. The van der Waals surface area contributed by atoms with Crippen molar-refractivity contribution >= 4 is 27.5 Å². The molecule has 0 aliphatic heterocycles. The van der Waals surface area contributed by atoms with E-state index in [0.29, 0.717) is 28.0 Å². The second-order valence-electron chi connectivity index (χ2n) is 4.98. The molecule has 0 aromatic heterocycles. The lowest BCUT2D eigenvalue weighted by Gasteiger charge is -2.35. The highest BCUT2D eigenvalue weighted by Gasteiger charge is 2.27. The summed E-state index contributed by atoms with van der Waals surface area (Å²) in [6, 6.07) is 5.34. The summed E-state index contributed by atoms with van der Waals surface area (Å²) in [6.07, 6.45) is 4.89. The summed E-state index contributed by atoms with van der Waals surface area (Å²) >= 11 is 9.81. The fraction of sp³-hybridized carbons (Fsp3) is 0.571. The van der Waals surface area contributed by atoms with E-state index in [-0.39, 0.29) is 5.82 Å². The largest absolute Gasteiger partial charge is 0.298 e. The highest BCUT2D eigenvalue weighted by Crippen LogP contribution is 2.30. The normalized spacial score (nSPS) is 24.5. The summed E-state index contributed by atoms with van der Waals surface area (Å²) in [4.78, 5) is 2.71. The summed E-state index contributed by atoms with van der Waals surface area (Å²) in [5, 5.41) is 0.517. The van der Waals surface area contributed by atoms with Crippen LogP contribution in [0.5, 0.6) is 0 Å². The molecule has 2 unspecified atom stereocenters. The quantitative estimate of drug-likeness (QED) is 0.729. The van der Waals surface area contributed by atoms with Gasteiger partial charge in [-0.2, -0.15) is 0 Å². The Kier molecular flexibility index (Phi) is 5.05. The molecule has 0 amide bonds. The minimum atomic E-state index is -0.212. The summed E-state index contributed by atoms with van der Waals surface area (Å²) < 4.78 is 13.8. The predicted molar refractivity (Wildman–Crippen MR) is 77.8 cm³/mol. The first kappa shape index (κ1) is 14.3. The van der Waals surface area contributed by atoms with Gasteiger partial charge in [0, 0.05) is 28.0 Å². The molecule has 0 saturated heterocycles. The molecular weight excluding hydrogens is 317 g/mol. The van der Waals surface area contributed by atoms with Crippen molar-refractivity contribution < 1.29 is 4.39 Å². The van der Waals surface area contributed by atoms with Crippen LogP contribution in [0, 0.1) is 5.82 Å². The highest BCUT2D eigenvalue weighted by atomic mass is 79.9. The Morgan fingerprint density at radius 1 is 1.39 bits per heavy atom. The zero-order valence-electron chi connectivity index (χ0n) is 10.5. The van der Waals surface area contributed by atoms with E-state index in [1.807, 2.05) is 7.05 Å². The van der Waals surface area contributed by atoms with Crippen LogP contribution in [-0.4, -0.2) is 22.8 Å². The van der Waals surface area contributed by atoms with E-state index in [2.05, 4.69) is 20.8 Å². The zero-order valence-corrected chi connectivity index (χ0v) is 12.8. The summed E-state index contributed by atoms with van der Waals surface area (Å²) in [6.45, 7) is 0.568. The number of rotatable bonds is 3. The number of nitrogens with zero attached hydrogens (tertiary/aromatic N) is 1. The Balaban J connectivity index is 2.08. The van der Waals surface area contributed by atoms with E-state index in [1.165, 1.54) is 31.7 Å². The molecule has 1 aromatic rings. The van der Waals surface area contributed by atoms with Gasteiger partial charge in [-0.05, 0) is 32.0 Å². The van der Waals surface area contributed by atoms with Crippen molar-refractivity contribution in [3.8, 4) is 0 Å². The second-order valence-corrected chi connectivity index (χ2v) is 6.57. The van der Waals surface area contributed by atoms with Gasteiger partial charge in [0.25, 0.3) is 0 Å². The van der Waals surface area contributed by atoms with Crippen LogP contribution in [0.2, 0.25) is 5.02 Å². The van der Waals surface area contributed by atoms with E-state index in [9.17, 15) is 4.39 Å². The Hall–Kier alpha value is -0.120. The molecule has 0 radical (unpaired) electrons. The first-order valence-electron chi connectivity index (χ1n) is 6.37. The molecule has 1 fully saturated rings. The lowest BCUT2D eigenvalue weighted by Crippen LogP contribution is -2.40. The maximum atomic E-state index is 13.8. The van der Waals surface area contributed by atoms with E-state index >= 15 is 0 Å². The molecule has 2 rings (SSSR count). The van der Waals surface area contributed by atoms with Crippen LogP contribution in [0.1, 0.15) is 31.2 Å². The molecule has 1 nitrogen and oxygen atoms in total. The van der Waals surface area contributed by atoms with Crippen LogP contribution >= 0.6 is 27.5 Å². The van der Waals surface area contributed by atoms with Crippen molar-refractivity contribution in [2.75, 3.05) is 7.05 Å². The molecule has 100 valence electrons. The van der Waals surface area contributed by atoms with Crippen LogP contribution in [0.4, 0.5) is 4.39 Å². The first-order chi connectivity index (χ1) is 8.59. The molecule has 4 heteroatoms. The van der Waals surface area contributed by atoms with Crippen LogP contribution in [-0.2, 0) is 6.54 Å². The van der Waals surface area contributed by atoms with Gasteiger partial charge in [0.15, 0.2) is 0 Å². The fourth-order valence-electron chi connectivity index (χ4n) is 2.61. The standard InChI is InChI=1S/C14H18BrClFN/c1-18(14-8-3-2-5-11(14)15)9-10-12(16)6-4-7-13(10)17/h4,6-7,11,14H,2-3,5,8-9H2,1H3. The maximum Gasteiger partial charge on any atom is 0.129 e. The number of halogens is 3. The number of hydrogen-bond acceptors (Lipinski definition) is 1. The molecular formula is C14H18BrClFN. The van der Waals surface area contributed by atoms with Crippen LogP contribution in [0.25, 0.3) is 0 Å². The molecule has 1 aliphatic carbocycles. The molecule has 0 N–H and O–H groups in total. The zero-order chi connectivity index (χ0) is 13.1. The Labute approximate surface area is 121 Å². The number of alkyl halides is 1. The van der Waals surface area contributed by atoms with Crippen LogP contribution < -0.4 is 0 Å².